The average Bonchev–Trinajstić information content (AvgIpc) is 2.56. The zero-order valence-electron chi connectivity index (χ0n) is 14.7. The van der Waals surface area contributed by atoms with Crippen LogP contribution in [0.5, 0.6) is 0 Å². The zero-order chi connectivity index (χ0) is 16.6. The van der Waals surface area contributed by atoms with Gasteiger partial charge in [-0.05, 0) is 60.5 Å². The van der Waals surface area contributed by atoms with Crippen molar-refractivity contribution in [2.24, 2.45) is 11.3 Å². The molecule has 1 heterocycles. The van der Waals surface area contributed by atoms with Crippen LogP contribution in [0, 0.1) is 11.3 Å². The quantitative estimate of drug-likeness (QED) is 0.741. The number of hydrogen-bond acceptors (Lipinski definition) is 3. The first-order chi connectivity index (χ1) is 10.9. The smallest absolute Gasteiger partial charge is 0.115 e. The maximum absolute atomic E-state index is 11.7. The molecule has 0 aromatic heterocycles. The summed E-state index contributed by atoms with van der Waals surface area (Å²) in [6.45, 7) is 7.04. The molecule has 3 rings (SSSR count). The minimum absolute atomic E-state index is 0.171. The molecule has 0 spiro atoms. The lowest BCUT2D eigenvalue weighted by Crippen LogP contribution is -2.52. The normalized spacial score (nSPS) is 31.7. The summed E-state index contributed by atoms with van der Waals surface area (Å²) in [5.74, 6) is 3.05. The predicted molar refractivity (Wildman–Crippen MR) is 104 cm³/mol. The molecule has 1 saturated carbocycles. The molecule has 2 aliphatic rings. The Morgan fingerprint density at radius 2 is 1.57 bits per heavy atom. The fraction of sp³-hybridized carbons (Fsp3) is 0.700. The van der Waals surface area contributed by atoms with Crippen molar-refractivity contribution in [3.05, 3.63) is 35.9 Å². The summed E-state index contributed by atoms with van der Waals surface area (Å²) in [5.41, 5.74) is 1.09. The van der Waals surface area contributed by atoms with Crippen molar-refractivity contribution < 1.29 is 5.11 Å². The standard InChI is InChI=1S/C20H30OS2/c1-18(2,3)16-10-12-19(21,13-11-16)20(22-14-7-15-23-20)17-8-5-4-6-9-17/h4-6,8-9,16,21H,7,10-15H2,1-3H3. The van der Waals surface area contributed by atoms with Gasteiger partial charge in [0, 0.05) is 0 Å². The average molecular weight is 351 g/mol. The molecule has 1 aromatic rings. The van der Waals surface area contributed by atoms with Gasteiger partial charge in [0.05, 0.1) is 5.60 Å². The van der Waals surface area contributed by atoms with Crippen LogP contribution in [0.15, 0.2) is 30.3 Å². The van der Waals surface area contributed by atoms with Crippen molar-refractivity contribution in [3.8, 4) is 0 Å². The number of rotatable bonds is 2. The maximum Gasteiger partial charge on any atom is 0.115 e. The first-order valence-electron chi connectivity index (χ1n) is 8.93. The van der Waals surface area contributed by atoms with E-state index in [9.17, 15) is 5.11 Å². The van der Waals surface area contributed by atoms with Crippen LogP contribution in [0.2, 0.25) is 0 Å². The van der Waals surface area contributed by atoms with E-state index in [4.69, 9.17) is 0 Å². The Morgan fingerprint density at radius 1 is 1.00 bits per heavy atom. The first kappa shape index (κ1) is 17.7. The van der Waals surface area contributed by atoms with Gasteiger partial charge in [-0.2, -0.15) is 0 Å². The van der Waals surface area contributed by atoms with Gasteiger partial charge in [-0.25, -0.2) is 0 Å². The second kappa shape index (κ2) is 6.65. The summed E-state index contributed by atoms with van der Waals surface area (Å²) in [6, 6.07) is 10.8. The van der Waals surface area contributed by atoms with Gasteiger partial charge in [-0.3, -0.25) is 0 Å². The zero-order valence-corrected chi connectivity index (χ0v) is 16.3. The SMILES string of the molecule is CC(C)(C)C1CCC(O)(C2(c3ccccc3)SCCCS2)CC1. The minimum atomic E-state index is -0.578. The molecule has 2 fully saturated rings. The first-order valence-corrected chi connectivity index (χ1v) is 10.9. The van der Waals surface area contributed by atoms with Crippen molar-refractivity contribution in [1.29, 1.82) is 0 Å². The molecule has 0 unspecified atom stereocenters. The maximum atomic E-state index is 11.7. The van der Waals surface area contributed by atoms with Gasteiger partial charge in [0.15, 0.2) is 0 Å². The van der Waals surface area contributed by atoms with Crippen LogP contribution >= 0.6 is 23.5 Å². The monoisotopic (exact) mass is 350 g/mol. The van der Waals surface area contributed by atoms with Gasteiger partial charge < -0.3 is 5.11 Å². The molecular weight excluding hydrogens is 320 g/mol. The summed E-state index contributed by atoms with van der Waals surface area (Å²) < 4.78 is -0.171. The molecule has 1 aromatic carbocycles. The molecule has 3 heteroatoms. The van der Waals surface area contributed by atoms with Gasteiger partial charge >= 0.3 is 0 Å². The largest absolute Gasteiger partial charge is 0.387 e. The van der Waals surface area contributed by atoms with E-state index >= 15 is 0 Å². The molecule has 0 atom stereocenters. The summed E-state index contributed by atoms with van der Waals surface area (Å²) in [4.78, 5) is 0. The second-order valence-electron chi connectivity index (χ2n) is 8.20. The summed E-state index contributed by atoms with van der Waals surface area (Å²) in [6.07, 6.45) is 5.42. The van der Waals surface area contributed by atoms with E-state index in [1.807, 2.05) is 23.5 Å². The third-order valence-electron chi connectivity index (χ3n) is 5.70. The van der Waals surface area contributed by atoms with E-state index in [0.29, 0.717) is 5.41 Å². The van der Waals surface area contributed by atoms with E-state index in [0.717, 1.165) is 43.1 Å². The van der Waals surface area contributed by atoms with Gasteiger partial charge in [0.2, 0.25) is 0 Å². The second-order valence-corrected chi connectivity index (χ2v) is 11.1. The van der Waals surface area contributed by atoms with Crippen molar-refractivity contribution in [2.75, 3.05) is 11.5 Å². The molecule has 0 bridgehead atoms. The van der Waals surface area contributed by atoms with Crippen molar-refractivity contribution in [3.63, 3.8) is 0 Å². The van der Waals surface area contributed by atoms with E-state index in [2.05, 4.69) is 51.1 Å². The fourth-order valence-electron chi connectivity index (χ4n) is 4.18. The molecule has 1 aliphatic heterocycles. The Hall–Kier alpha value is -0.120. The Kier molecular flexibility index (Phi) is 5.11. The Bertz CT molecular complexity index is 506. The van der Waals surface area contributed by atoms with Gasteiger partial charge in [0.25, 0.3) is 0 Å². The van der Waals surface area contributed by atoms with Crippen molar-refractivity contribution in [2.45, 2.75) is 62.6 Å². The highest BCUT2D eigenvalue weighted by molar-refractivity contribution is 8.18. The van der Waals surface area contributed by atoms with Crippen LogP contribution in [0.3, 0.4) is 0 Å². The summed E-state index contributed by atoms with van der Waals surface area (Å²) >= 11 is 3.98. The highest BCUT2D eigenvalue weighted by Crippen LogP contribution is 2.61. The molecule has 0 amide bonds. The van der Waals surface area contributed by atoms with Gasteiger partial charge in [-0.1, -0.05) is 51.1 Å². The number of hydrogen-bond donors (Lipinski definition) is 1. The van der Waals surface area contributed by atoms with Crippen LogP contribution in [0.25, 0.3) is 0 Å². The van der Waals surface area contributed by atoms with Crippen LogP contribution < -0.4 is 0 Å². The Balaban J connectivity index is 1.89. The molecule has 0 radical (unpaired) electrons. The van der Waals surface area contributed by atoms with Crippen molar-refractivity contribution in [1.82, 2.24) is 0 Å². The van der Waals surface area contributed by atoms with E-state index in [-0.39, 0.29) is 4.08 Å². The van der Waals surface area contributed by atoms with E-state index in [1.54, 1.807) is 0 Å². The molecular formula is C20H30OS2. The summed E-state index contributed by atoms with van der Waals surface area (Å²) in [7, 11) is 0. The molecule has 1 saturated heterocycles. The minimum Gasteiger partial charge on any atom is -0.387 e. The molecule has 1 N–H and O–H groups in total. The lowest BCUT2D eigenvalue weighted by Gasteiger charge is -2.52. The lowest BCUT2D eigenvalue weighted by atomic mass is 9.67. The third kappa shape index (κ3) is 3.34. The van der Waals surface area contributed by atoms with Crippen LogP contribution in [-0.2, 0) is 4.08 Å². The lowest BCUT2D eigenvalue weighted by molar-refractivity contribution is -0.0353. The number of thioether (sulfide) groups is 2. The van der Waals surface area contributed by atoms with Crippen LogP contribution in [0.1, 0.15) is 58.4 Å². The van der Waals surface area contributed by atoms with E-state index < -0.39 is 5.60 Å². The number of benzene rings is 1. The molecule has 23 heavy (non-hydrogen) atoms. The highest BCUT2D eigenvalue weighted by Gasteiger charge is 2.55. The molecule has 128 valence electrons. The Labute approximate surface area is 150 Å². The molecule has 1 nitrogen and oxygen atoms in total. The topological polar surface area (TPSA) is 20.2 Å². The van der Waals surface area contributed by atoms with E-state index in [1.165, 1.54) is 12.0 Å². The summed E-state index contributed by atoms with van der Waals surface area (Å²) in [5, 5.41) is 11.7. The molecule has 1 aliphatic carbocycles. The Morgan fingerprint density at radius 3 is 2.09 bits per heavy atom. The van der Waals surface area contributed by atoms with Crippen LogP contribution in [-0.4, -0.2) is 22.2 Å². The third-order valence-corrected chi connectivity index (χ3v) is 9.44. The van der Waals surface area contributed by atoms with Gasteiger partial charge in [-0.15, -0.1) is 23.5 Å². The van der Waals surface area contributed by atoms with Crippen molar-refractivity contribution >= 4 is 23.5 Å². The van der Waals surface area contributed by atoms with Gasteiger partial charge in [0.1, 0.15) is 4.08 Å². The highest BCUT2D eigenvalue weighted by atomic mass is 32.2. The van der Waals surface area contributed by atoms with Crippen LogP contribution in [0.4, 0.5) is 0 Å². The predicted octanol–water partition coefficient (Wildman–Crippen LogP) is 5.68. The fourth-order valence-corrected chi connectivity index (χ4v) is 7.90. The number of aliphatic hydroxyl groups is 1.